The van der Waals surface area contributed by atoms with Crippen LogP contribution < -0.4 is 5.32 Å². The number of carbonyl (C=O) groups excluding carboxylic acids is 2. The molecule has 2 aromatic rings. The van der Waals surface area contributed by atoms with E-state index in [9.17, 15) is 14.0 Å². The molecule has 1 unspecified atom stereocenters. The Labute approximate surface area is 140 Å². The molecule has 0 saturated carbocycles. The molecule has 1 aliphatic rings. The van der Waals surface area contributed by atoms with E-state index in [0.29, 0.717) is 13.1 Å². The lowest BCUT2D eigenvalue weighted by Gasteiger charge is -2.35. The van der Waals surface area contributed by atoms with Gasteiger partial charge in [-0.25, -0.2) is 4.39 Å². The molecule has 1 N–H and O–H groups in total. The largest absolute Gasteiger partial charge is 0.352 e. The number of nitrogens with zero attached hydrogens (tertiary/aromatic N) is 1. The molecule has 0 aliphatic carbocycles. The predicted octanol–water partition coefficient (Wildman–Crippen LogP) is 2.38. The maximum Gasteiger partial charge on any atom is 0.247 e. The molecule has 124 valence electrons. The first-order chi connectivity index (χ1) is 11.5. The van der Waals surface area contributed by atoms with E-state index >= 15 is 0 Å². The van der Waals surface area contributed by atoms with E-state index in [-0.39, 0.29) is 24.1 Å². The first-order valence-corrected chi connectivity index (χ1v) is 7.93. The summed E-state index contributed by atoms with van der Waals surface area (Å²) < 4.78 is 13.0. The van der Waals surface area contributed by atoms with Crippen LogP contribution in [0, 0.1) is 12.7 Å². The van der Waals surface area contributed by atoms with E-state index in [4.69, 9.17) is 0 Å². The second-order valence-corrected chi connectivity index (χ2v) is 6.00. The normalized spacial score (nSPS) is 17.5. The lowest BCUT2D eigenvalue weighted by Crippen LogP contribution is -2.52. The Morgan fingerprint density at radius 3 is 2.71 bits per heavy atom. The van der Waals surface area contributed by atoms with Gasteiger partial charge in [0.1, 0.15) is 11.9 Å². The minimum absolute atomic E-state index is 0.136. The molecule has 0 aromatic heterocycles. The number of hydrogen-bond acceptors (Lipinski definition) is 2. The van der Waals surface area contributed by atoms with Crippen molar-refractivity contribution in [2.45, 2.75) is 19.4 Å². The van der Waals surface area contributed by atoms with Crippen molar-refractivity contribution in [2.75, 3.05) is 13.1 Å². The van der Waals surface area contributed by atoms with Crippen LogP contribution in [0.15, 0.2) is 48.5 Å². The summed E-state index contributed by atoms with van der Waals surface area (Å²) in [5.41, 5.74) is 2.58. The van der Waals surface area contributed by atoms with Crippen LogP contribution in [0.2, 0.25) is 0 Å². The van der Waals surface area contributed by atoms with Gasteiger partial charge < -0.3 is 10.2 Å². The van der Waals surface area contributed by atoms with Crippen molar-refractivity contribution < 1.29 is 14.0 Å². The fourth-order valence-electron chi connectivity index (χ4n) is 2.99. The second kappa shape index (κ2) is 6.83. The average Bonchev–Trinajstić information content (AvgIpc) is 2.56. The van der Waals surface area contributed by atoms with E-state index in [0.717, 1.165) is 16.7 Å². The third-order valence-electron chi connectivity index (χ3n) is 4.16. The van der Waals surface area contributed by atoms with Gasteiger partial charge >= 0.3 is 0 Å². The number of carbonyl (C=O) groups is 2. The Morgan fingerprint density at radius 1 is 1.25 bits per heavy atom. The minimum Gasteiger partial charge on any atom is -0.352 e. The van der Waals surface area contributed by atoms with Gasteiger partial charge in [0, 0.05) is 13.1 Å². The number of piperazine rings is 1. The van der Waals surface area contributed by atoms with Crippen LogP contribution in [-0.2, 0) is 16.0 Å². The Kier molecular flexibility index (Phi) is 4.60. The number of halogens is 1. The molecule has 24 heavy (non-hydrogen) atoms. The zero-order valence-electron chi connectivity index (χ0n) is 13.5. The molecule has 1 heterocycles. The summed E-state index contributed by atoms with van der Waals surface area (Å²) in [5.74, 6) is -0.636. The van der Waals surface area contributed by atoms with Gasteiger partial charge in [0.05, 0.1) is 6.42 Å². The molecule has 5 heteroatoms. The molecule has 1 saturated heterocycles. The predicted molar refractivity (Wildman–Crippen MR) is 88.7 cm³/mol. The summed E-state index contributed by atoms with van der Waals surface area (Å²) in [5, 5.41) is 2.82. The molecule has 0 radical (unpaired) electrons. The quantitative estimate of drug-likeness (QED) is 0.941. The summed E-state index contributed by atoms with van der Waals surface area (Å²) in [6.45, 7) is 2.86. The molecule has 2 aromatic carbocycles. The van der Waals surface area contributed by atoms with Crippen LogP contribution in [0.25, 0.3) is 0 Å². The van der Waals surface area contributed by atoms with Gasteiger partial charge in [0.15, 0.2) is 0 Å². The Hall–Kier alpha value is -2.69. The third-order valence-corrected chi connectivity index (χ3v) is 4.16. The smallest absolute Gasteiger partial charge is 0.247 e. The van der Waals surface area contributed by atoms with Crippen LogP contribution in [0.3, 0.4) is 0 Å². The first kappa shape index (κ1) is 16.2. The molecular weight excluding hydrogens is 307 g/mol. The average molecular weight is 326 g/mol. The monoisotopic (exact) mass is 326 g/mol. The molecule has 0 bridgehead atoms. The summed E-state index contributed by atoms with van der Waals surface area (Å²) in [4.78, 5) is 26.7. The SMILES string of the molecule is Cc1cccc(C2C(=O)NCCN2C(=O)Cc2ccc(F)cc2)c1. The number of hydrogen-bond donors (Lipinski definition) is 1. The Balaban J connectivity index is 1.84. The lowest BCUT2D eigenvalue weighted by atomic mass is 9.99. The van der Waals surface area contributed by atoms with Crippen molar-refractivity contribution in [1.29, 1.82) is 0 Å². The molecule has 0 spiro atoms. The van der Waals surface area contributed by atoms with Gasteiger partial charge in [-0.15, -0.1) is 0 Å². The first-order valence-electron chi connectivity index (χ1n) is 7.93. The Morgan fingerprint density at radius 2 is 2.00 bits per heavy atom. The maximum atomic E-state index is 13.0. The van der Waals surface area contributed by atoms with Gasteiger partial charge in [-0.2, -0.15) is 0 Å². The molecule has 1 fully saturated rings. The zero-order valence-corrected chi connectivity index (χ0v) is 13.5. The molecular formula is C19H19FN2O2. The van der Waals surface area contributed by atoms with Crippen molar-refractivity contribution in [2.24, 2.45) is 0 Å². The maximum absolute atomic E-state index is 13.0. The number of benzene rings is 2. The highest BCUT2D eigenvalue weighted by Crippen LogP contribution is 2.25. The molecule has 1 aliphatic heterocycles. The van der Waals surface area contributed by atoms with Crippen molar-refractivity contribution in [1.82, 2.24) is 10.2 Å². The summed E-state index contributed by atoms with van der Waals surface area (Å²) in [7, 11) is 0. The second-order valence-electron chi connectivity index (χ2n) is 6.00. The summed E-state index contributed by atoms with van der Waals surface area (Å²) >= 11 is 0. The number of nitrogens with one attached hydrogen (secondary N) is 1. The Bertz CT molecular complexity index is 758. The van der Waals surface area contributed by atoms with E-state index in [2.05, 4.69) is 5.32 Å². The van der Waals surface area contributed by atoms with Gasteiger partial charge in [-0.3, -0.25) is 9.59 Å². The van der Waals surface area contributed by atoms with Crippen LogP contribution in [-0.4, -0.2) is 29.8 Å². The third kappa shape index (κ3) is 3.45. The van der Waals surface area contributed by atoms with Crippen LogP contribution in [0.1, 0.15) is 22.7 Å². The number of aryl methyl sites for hydroxylation is 1. The van der Waals surface area contributed by atoms with E-state index in [1.807, 2.05) is 31.2 Å². The summed E-state index contributed by atoms with van der Waals surface area (Å²) in [6, 6.07) is 12.9. The highest BCUT2D eigenvalue weighted by atomic mass is 19.1. The molecule has 3 rings (SSSR count). The summed E-state index contributed by atoms with van der Waals surface area (Å²) in [6.07, 6.45) is 0.149. The standard InChI is InChI=1S/C19H19FN2O2/c1-13-3-2-4-15(11-13)18-19(24)21-9-10-22(18)17(23)12-14-5-7-16(20)8-6-14/h2-8,11,18H,9-10,12H2,1H3,(H,21,24). The van der Waals surface area contributed by atoms with Gasteiger partial charge in [-0.05, 0) is 30.2 Å². The van der Waals surface area contributed by atoms with Crippen LogP contribution in [0.5, 0.6) is 0 Å². The van der Waals surface area contributed by atoms with Crippen LogP contribution >= 0.6 is 0 Å². The van der Waals surface area contributed by atoms with Crippen LogP contribution in [0.4, 0.5) is 4.39 Å². The van der Waals surface area contributed by atoms with Crippen molar-refractivity contribution in [3.8, 4) is 0 Å². The van der Waals surface area contributed by atoms with Crippen molar-refractivity contribution >= 4 is 11.8 Å². The topological polar surface area (TPSA) is 49.4 Å². The fraction of sp³-hybridized carbons (Fsp3) is 0.263. The number of amides is 2. The highest BCUT2D eigenvalue weighted by molar-refractivity contribution is 5.90. The van der Waals surface area contributed by atoms with Gasteiger partial charge in [0.25, 0.3) is 0 Å². The van der Waals surface area contributed by atoms with Gasteiger partial charge in [-0.1, -0.05) is 42.0 Å². The van der Waals surface area contributed by atoms with Crippen molar-refractivity contribution in [3.05, 3.63) is 71.0 Å². The van der Waals surface area contributed by atoms with Gasteiger partial charge in [0.2, 0.25) is 11.8 Å². The van der Waals surface area contributed by atoms with Crippen molar-refractivity contribution in [3.63, 3.8) is 0 Å². The molecule has 1 atom stereocenters. The van der Waals surface area contributed by atoms with E-state index < -0.39 is 6.04 Å². The molecule has 2 amide bonds. The lowest BCUT2D eigenvalue weighted by molar-refractivity contribution is -0.143. The number of rotatable bonds is 3. The fourth-order valence-corrected chi connectivity index (χ4v) is 2.99. The minimum atomic E-state index is -0.619. The molecule has 4 nitrogen and oxygen atoms in total. The zero-order chi connectivity index (χ0) is 17.1. The van der Waals surface area contributed by atoms with E-state index in [1.165, 1.54) is 12.1 Å². The highest BCUT2D eigenvalue weighted by Gasteiger charge is 2.34. The van der Waals surface area contributed by atoms with E-state index in [1.54, 1.807) is 17.0 Å².